The van der Waals surface area contributed by atoms with Crippen molar-refractivity contribution in [3.63, 3.8) is 0 Å². The third-order valence-electron chi connectivity index (χ3n) is 5.33. The lowest BCUT2D eigenvalue weighted by Crippen LogP contribution is -3.11. The molecule has 1 fully saturated rings. The van der Waals surface area contributed by atoms with Gasteiger partial charge in [0.2, 0.25) is 0 Å². The molecule has 5 nitrogen and oxygen atoms in total. The van der Waals surface area contributed by atoms with Gasteiger partial charge in [-0.05, 0) is 31.2 Å². The van der Waals surface area contributed by atoms with E-state index >= 15 is 0 Å². The third kappa shape index (κ3) is 5.23. The van der Waals surface area contributed by atoms with Crippen LogP contribution in [0.25, 0.3) is 0 Å². The smallest absolute Gasteiger partial charge is 0.319 e. The molecular formula is C22H31N4O+. The lowest BCUT2D eigenvalue weighted by atomic mass is 10.0. The number of hydrogen-bond donors (Lipinski definition) is 3. The lowest BCUT2D eigenvalue weighted by Gasteiger charge is -2.26. The number of hydrogen-bond acceptors (Lipinski definition) is 2. The number of nitrogens with zero attached hydrogens (tertiary/aromatic N) is 1. The van der Waals surface area contributed by atoms with Crippen molar-refractivity contribution < 1.29 is 9.69 Å². The third-order valence-corrected chi connectivity index (χ3v) is 5.33. The van der Waals surface area contributed by atoms with Crippen LogP contribution in [0.1, 0.15) is 30.0 Å². The number of aryl methyl sites for hydroxylation is 1. The van der Waals surface area contributed by atoms with Gasteiger partial charge in [0.05, 0.1) is 19.6 Å². The fourth-order valence-corrected chi connectivity index (χ4v) is 3.69. The summed E-state index contributed by atoms with van der Waals surface area (Å²) in [4.78, 5) is 16.0. The number of anilines is 2. The van der Waals surface area contributed by atoms with Gasteiger partial charge < -0.3 is 20.4 Å². The van der Waals surface area contributed by atoms with E-state index < -0.39 is 0 Å². The van der Waals surface area contributed by atoms with E-state index in [4.69, 9.17) is 0 Å². The Morgan fingerprint density at radius 3 is 2.26 bits per heavy atom. The van der Waals surface area contributed by atoms with Gasteiger partial charge in [0.15, 0.2) is 0 Å². The fraction of sp³-hybridized carbons (Fsp3) is 0.409. The summed E-state index contributed by atoms with van der Waals surface area (Å²) in [6.45, 7) is 5.01. The van der Waals surface area contributed by atoms with Crippen LogP contribution in [0.3, 0.4) is 0 Å². The first kappa shape index (κ1) is 19.2. The van der Waals surface area contributed by atoms with Crippen molar-refractivity contribution in [1.29, 1.82) is 0 Å². The molecule has 1 heterocycles. The summed E-state index contributed by atoms with van der Waals surface area (Å²) in [7, 11) is 4.10. The molecule has 2 aromatic carbocycles. The first-order valence-corrected chi connectivity index (χ1v) is 9.76. The highest BCUT2D eigenvalue weighted by molar-refractivity contribution is 5.89. The number of nitrogens with one attached hydrogen (secondary N) is 3. The number of rotatable bonds is 6. The van der Waals surface area contributed by atoms with Gasteiger partial charge >= 0.3 is 6.03 Å². The van der Waals surface area contributed by atoms with Gasteiger partial charge in [-0.2, -0.15) is 0 Å². The lowest BCUT2D eigenvalue weighted by molar-refractivity contribution is -0.918. The fourth-order valence-electron chi connectivity index (χ4n) is 3.69. The highest BCUT2D eigenvalue weighted by Gasteiger charge is 2.27. The Morgan fingerprint density at radius 1 is 1.04 bits per heavy atom. The van der Waals surface area contributed by atoms with E-state index in [2.05, 4.69) is 53.9 Å². The number of urea groups is 1. The summed E-state index contributed by atoms with van der Waals surface area (Å²) in [5.41, 5.74) is 4.48. The molecule has 1 saturated heterocycles. The van der Waals surface area contributed by atoms with E-state index in [1.165, 1.54) is 42.7 Å². The maximum absolute atomic E-state index is 12.4. The van der Waals surface area contributed by atoms with Crippen LogP contribution in [0.5, 0.6) is 0 Å². The zero-order valence-electron chi connectivity index (χ0n) is 16.6. The predicted octanol–water partition coefficient (Wildman–Crippen LogP) is 2.60. The summed E-state index contributed by atoms with van der Waals surface area (Å²) < 4.78 is 0. The molecule has 3 N–H and O–H groups in total. The molecule has 1 aliphatic rings. The maximum Gasteiger partial charge on any atom is 0.319 e. The average Bonchev–Trinajstić information content (AvgIpc) is 3.19. The quantitative estimate of drug-likeness (QED) is 0.735. The van der Waals surface area contributed by atoms with Crippen molar-refractivity contribution >= 4 is 17.4 Å². The predicted molar refractivity (Wildman–Crippen MR) is 112 cm³/mol. The van der Waals surface area contributed by atoms with E-state index in [9.17, 15) is 4.79 Å². The highest BCUT2D eigenvalue weighted by atomic mass is 16.2. The van der Waals surface area contributed by atoms with Crippen LogP contribution in [-0.4, -0.2) is 39.8 Å². The van der Waals surface area contributed by atoms with Gasteiger partial charge in [-0.1, -0.05) is 29.8 Å². The molecular weight excluding hydrogens is 336 g/mol. The maximum atomic E-state index is 12.4. The van der Waals surface area contributed by atoms with Gasteiger partial charge in [0.25, 0.3) is 0 Å². The van der Waals surface area contributed by atoms with Crippen molar-refractivity contribution in [1.82, 2.24) is 5.32 Å². The number of quaternary nitrogens is 1. The second kappa shape index (κ2) is 8.91. The zero-order chi connectivity index (χ0) is 19.2. The Kier molecular flexibility index (Phi) is 6.35. The minimum absolute atomic E-state index is 0.146. The van der Waals surface area contributed by atoms with E-state index in [1.807, 2.05) is 31.2 Å². The molecule has 0 aromatic heterocycles. The van der Waals surface area contributed by atoms with Crippen molar-refractivity contribution in [2.24, 2.45) is 0 Å². The van der Waals surface area contributed by atoms with Crippen molar-refractivity contribution in [3.05, 3.63) is 59.7 Å². The van der Waals surface area contributed by atoms with Gasteiger partial charge in [-0.3, -0.25) is 0 Å². The van der Waals surface area contributed by atoms with Crippen molar-refractivity contribution in [3.8, 4) is 0 Å². The standard InChI is InChI=1S/C22H30N4O/c1-17-6-10-19(11-7-17)24-22(27)23-16-21(26-14-4-5-15-26)18-8-12-20(13-9-18)25(2)3/h6-13,21H,4-5,14-16H2,1-3H3,(H2,23,24,27)/p+1/t21-/m1/s1. The van der Waals surface area contributed by atoms with Crippen LogP contribution < -0.4 is 20.4 Å². The molecule has 3 rings (SSSR count). The van der Waals surface area contributed by atoms with Crippen LogP contribution in [0.2, 0.25) is 0 Å². The van der Waals surface area contributed by atoms with E-state index in [-0.39, 0.29) is 12.1 Å². The molecule has 144 valence electrons. The number of benzene rings is 2. The molecule has 27 heavy (non-hydrogen) atoms. The highest BCUT2D eigenvalue weighted by Crippen LogP contribution is 2.17. The Balaban J connectivity index is 1.64. The summed E-state index contributed by atoms with van der Waals surface area (Å²) in [6, 6.07) is 16.7. The van der Waals surface area contributed by atoms with Gasteiger partial charge in [-0.25, -0.2) is 4.79 Å². The largest absolute Gasteiger partial charge is 0.378 e. The molecule has 1 aliphatic heterocycles. The second-order valence-corrected chi connectivity index (χ2v) is 7.60. The molecule has 0 saturated carbocycles. The van der Waals surface area contributed by atoms with Crippen LogP contribution in [-0.2, 0) is 0 Å². The minimum atomic E-state index is -0.146. The molecule has 0 bridgehead atoms. The van der Waals surface area contributed by atoms with Crippen LogP contribution in [0.15, 0.2) is 48.5 Å². The van der Waals surface area contributed by atoms with Gasteiger partial charge in [-0.15, -0.1) is 0 Å². The van der Waals surface area contributed by atoms with E-state index in [0.717, 1.165) is 5.69 Å². The second-order valence-electron chi connectivity index (χ2n) is 7.60. The first-order chi connectivity index (χ1) is 13.0. The summed E-state index contributed by atoms with van der Waals surface area (Å²) in [6.07, 6.45) is 2.52. The number of carbonyl (C=O) groups is 1. The Bertz CT molecular complexity index is 734. The molecule has 2 amide bonds. The molecule has 0 aliphatic carbocycles. The van der Waals surface area contributed by atoms with Crippen LogP contribution in [0.4, 0.5) is 16.2 Å². The Labute approximate surface area is 162 Å². The van der Waals surface area contributed by atoms with E-state index in [0.29, 0.717) is 6.54 Å². The molecule has 0 radical (unpaired) electrons. The van der Waals surface area contributed by atoms with Crippen LogP contribution >= 0.6 is 0 Å². The summed E-state index contributed by atoms with van der Waals surface area (Å²) in [5.74, 6) is 0. The van der Waals surface area contributed by atoms with Gasteiger partial charge in [0, 0.05) is 43.9 Å². The Hall–Kier alpha value is -2.53. The zero-order valence-corrected chi connectivity index (χ0v) is 16.6. The summed E-state index contributed by atoms with van der Waals surface area (Å²) >= 11 is 0. The van der Waals surface area contributed by atoms with Crippen molar-refractivity contribution in [2.75, 3.05) is 43.9 Å². The number of amides is 2. The SMILES string of the molecule is Cc1ccc(NC(=O)NC[C@H](c2ccc(N(C)C)cc2)[NH+]2CCCC2)cc1. The van der Waals surface area contributed by atoms with Crippen molar-refractivity contribution in [2.45, 2.75) is 25.8 Å². The Morgan fingerprint density at radius 2 is 1.67 bits per heavy atom. The van der Waals surface area contributed by atoms with E-state index in [1.54, 1.807) is 4.90 Å². The summed E-state index contributed by atoms with van der Waals surface area (Å²) in [5, 5.41) is 6.00. The number of carbonyl (C=O) groups excluding carboxylic acids is 1. The minimum Gasteiger partial charge on any atom is -0.378 e. The average molecular weight is 368 g/mol. The van der Waals surface area contributed by atoms with Gasteiger partial charge in [0.1, 0.15) is 6.04 Å². The molecule has 5 heteroatoms. The molecule has 0 spiro atoms. The number of likely N-dealkylation sites (tertiary alicyclic amines) is 1. The monoisotopic (exact) mass is 367 g/mol. The molecule has 2 aromatic rings. The molecule has 1 atom stereocenters. The molecule has 0 unspecified atom stereocenters. The topological polar surface area (TPSA) is 48.8 Å². The normalized spacial score (nSPS) is 15.4. The first-order valence-electron chi connectivity index (χ1n) is 9.76. The van der Waals surface area contributed by atoms with Crippen LogP contribution in [0, 0.1) is 6.92 Å².